The monoisotopic (exact) mass is 269 g/mol. The predicted octanol–water partition coefficient (Wildman–Crippen LogP) is -0.424. The van der Waals surface area contributed by atoms with Crippen molar-refractivity contribution in [2.45, 2.75) is 12.5 Å². The number of hydrogen-bond acceptors (Lipinski definition) is 5. The van der Waals surface area contributed by atoms with Crippen molar-refractivity contribution in [1.82, 2.24) is 15.8 Å². The number of carbonyl (C=O) groups excluding carboxylic acids is 2. The van der Waals surface area contributed by atoms with Crippen LogP contribution in [0.15, 0.2) is 17.5 Å². The van der Waals surface area contributed by atoms with Crippen molar-refractivity contribution >= 4 is 23.2 Å². The van der Waals surface area contributed by atoms with Crippen molar-refractivity contribution in [1.29, 1.82) is 0 Å². The zero-order valence-electron chi connectivity index (χ0n) is 9.76. The molecule has 1 aromatic heterocycles. The van der Waals surface area contributed by atoms with Crippen LogP contribution in [0.1, 0.15) is 16.1 Å². The fourth-order valence-electron chi connectivity index (χ4n) is 1.79. The highest BCUT2D eigenvalue weighted by molar-refractivity contribution is 7.12. The number of aliphatic hydroxyl groups excluding tert-OH is 1. The molecule has 18 heavy (non-hydrogen) atoms. The highest BCUT2D eigenvalue weighted by atomic mass is 32.1. The minimum Gasteiger partial charge on any atom is -0.392 e. The maximum Gasteiger partial charge on any atom is 0.279 e. The van der Waals surface area contributed by atoms with E-state index >= 15 is 0 Å². The first-order valence-corrected chi connectivity index (χ1v) is 6.56. The lowest BCUT2D eigenvalue weighted by Crippen LogP contribution is -2.46. The van der Waals surface area contributed by atoms with E-state index in [1.807, 2.05) is 4.90 Å². The second-order valence-electron chi connectivity index (χ2n) is 4.16. The normalized spacial score (nSPS) is 19.7. The number of amides is 2. The van der Waals surface area contributed by atoms with Gasteiger partial charge in [0.05, 0.1) is 17.5 Å². The molecule has 1 saturated heterocycles. The van der Waals surface area contributed by atoms with Crippen molar-refractivity contribution in [2.24, 2.45) is 0 Å². The highest BCUT2D eigenvalue weighted by Crippen LogP contribution is 2.08. The van der Waals surface area contributed by atoms with Gasteiger partial charge >= 0.3 is 0 Å². The number of nitrogens with zero attached hydrogens (tertiary/aromatic N) is 1. The summed E-state index contributed by atoms with van der Waals surface area (Å²) in [6.07, 6.45) is 0.341. The van der Waals surface area contributed by atoms with Crippen molar-refractivity contribution < 1.29 is 14.7 Å². The molecule has 2 rings (SSSR count). The quantitative estimate of drug-likeness (QED) is 0.651. The summed E-state index contributed by atoms with van der Waals surface area (Å²) in [7, 11) is 0. The molecule has 1 aromatic rings. The largest absolute Gasteiger partial charge is 0.392 e. The van der Waals surface area contributed by atoms with Crippen LogP contribution in [-0.4, -0.2) is 47.6 Å². The molecule has 3 N–H and O–H groups in total. The van der Waals surface area contributed by atoms with Crippen LogP contribution in [-0.2, 0) is 4.79 Å². The lowest BCUT2D eigenvalue weighted by Gasteiger charge is -2.14. The fraction of sp³-hybridized carbons (Fsp3) is 0.455. The Morgan fingerprint density at radius 2 is 2.33 bits per heavy atom. The van der Waals surface area contributed by atoms with E-state index in [1.54, 1.807) is 17.5 Å². The summed E-state index contributed by atoms with van der Waals surface area (Å²) in [5, 5.41) is 11.1. The number of hydrogen-bond donors (Lipinski definition) is 3. The first kappa shape index (κ1) is 13.0. The van der Waals surface area contributed by atoms with Crippen LogP contribution >= 0.6 is 11.3 Å². The Hall–Kier alpha value is -1.44. The van der Waals surface area contributed by atoms with Gasteiger partial charge in [0.25, 0.3) is 11.8 Å². The summed E-state index contributed by atoms with van der Waals surface area (Å²) < 4.78 is 0. The molecule has 0 aromatic carbocycles. The third kappa shape index (κ3) is 3.52. The minimum absolute atomic E-state index is 0.182. The van der Waals surface area contributed by atoms with Crippen molar-refractivity contribution in [3.63, 3.8) is 0 Å². The summed E-state index contributed by atoms with van der Waals surface area (Å²) in [5.41, 5.74) is 4.71. The summed E-state index contributed by atoms with van der Waals surface area (Å²) in [6, 6.07) is 3.45. The molecule has 2 amide bonds. The van der Waals surface area contributed by atoms with Gasteiger partial charge in [0.15, 0.2) is 0 Å². The second kappa shape index (κ2) is 5.94. The van der Waals surface area contributed by atoms with Gasteiger partial charge in [-0.15, -0.1) is 11.3 Å². The molecule has 0 saturated carbocycles. The van der Waals surface area contributed by atoms with E-state index in [9.17, 15) is 14.7 Å². The zero-order chi connectivity index (χ0) is 13.0. The van der Waals surface area contributed by atoms with E-state index in [2.05, 4.69) is 10.9 Å². The van der Waals surface area contributed by atoms with Gasteiger partial charge in [0.2, 0.25) is 0 Å². The SMILES string of the molecule is O=C(CN1CC[C@H](O)C1)NNC(=O)c1cccs1. The molecule has 0 spiro atoms. The molecular formula is C11H15N3O3S. The van der Waals surface area contributed by atoms with Crippen LogP contribution in [0.4, 0.5) is 0 Å². The van der Waals surface area contributed by atoms with Crippen molar-refractivity contribution in [3.05, 3.63) is 22.4 Å². The number of thiophene rings is 1. The number of aliphatic hydroxyl groups is 1. The molecule has 1 aliphatic heterocycles. The Kier molecular flexibility index (Phi) is 4.29. The minimum atomic E-state index is -0.349. The molecule has 1 aliphatic rings. The Labute approximate surface area is 109 Å². The Balaban J connectivity index is 1.70. The third-order valence-electron chi connectivity index (χ3n) is 2.68. The molecule has 1 atom stereocenters. The number of hydrazine groups is 1. The van der Waals surface area contributed by atoms with E-state index in [1.165, 1.54) is 11.3 Å². The average molecular weight is 269 g/mol. The van der Waals surface area contributed by atoms with E-state index < -0.39 is 0 Å². The maximum absolute atomic E-state index is 11.5. The number of β-amino-alcohol motifs (C(OH)–C–C–N with tert-alkyl or cyclic N) is 1. The first-order valence-electron chi connectivity index (χ1n) is 5.68. The van der Waals surface area contributed by atoms with Crippen LogP contribution < -0.4 is 10.9 Å². The Morgan fingerprint density at radius 3 is 2.94 bits per heavy atom. The van der Waals surface area contributed by atoms with E-state index in [0.717, 1.165) is 0 Å². The van der Waals surface area contributed by atoms with E-state index in [0.29, 0.717) is 24.4 Å². The van der Waals surface area contributed by atoms with Gasteiger partial charge < -0.3 is 5.11 Å². The average Bonchev–Trinajstić information content (AvgIpc) is 2.97. The van der Waals surface area contributed by atoms with Gasteiger partial charge in [-0.3, -0.25) is 25.3 Å². The van der Waals surface area contributed by atoms with Gasteiger partial charge in [-0.1, -0.05) is 6.07 Å². The van der Waals surface area contributed by atoms with Gasteiger partial charge in [0.1, 0.15) is 0 Å². The molecule has 1 fully saturated rings. The molecule has 6 nitrogen and oxygen atoms in total. The van der Waals surface area contributed by atoms with Gasteiger partial charge in [-0.2, -0.15) is 0 Å². The predicted molar refractivity (Wildman–Crippen MR) is 67.0 cm³/mol. The summed E-state index contributed by atoms with van der Waals surface area (Å²) >= 11 is 1.31. The summed E-state index contributed by atoms with van der Waals surface area (Å²) in [5.74, 6) is -0.603. The molecule has 0 bridgehead atoms. The van der Waals surface area contributed by atoms with Crippen molar-refractivity contribution in [3.8, 4) is 0 Å². The molecule has 2 heterocycles. The van der Waals surface area contributed by atoms with Crippen LogP contribution in [0, 0.1) is 0 Å². The lowest BCUT2D eigenvalue weighted by molar-refractivity contribution is -0.122. The smallest absolute Gasteiger partial charge is 0.279 e. The van der Waals surface area contributed by atoms with Gasteiger partial charge in [0, 0.05) is 13.1 Å². The number of nitrogens with one attached hydrogen (secondary N) is 2. The Bertz CT molecular complexity index is 421. The third-order valence-corrected chi connectivity index (χ3v) is 3.54. The van der Waals surface area contributed by atoms with Crippen molar-refractivity contribution in [2.75, 3.05) is 19.6 Å². The lowest BCUT2D eigenvalue weighted by atomic mass is 10.3. The molecular weight excluding hydrogens is 254 g/mol. The van der Waals surface area contributed by atoms with Crippen LogP contribution in [0.25, 0.3) is 0 Å². The van der Waals surface area contributed by atoms with Crippen LogP contribution in [0.2, 0.25) is 0 Å². The summed E-state index contributed by atoms with van der Waals surface area (Å²) in [6.45, 7) is 1.39. The van der Waals surface area contributed by atoms with Crippen LogP contribution in [0.3, 0.4) is 0 Å². The molecule has 7 heteroatoms. The number of likely N-dealkylation sites (tertiary alicyclic amines) is 1. The number of rotatable bonds is 3. The standard InChI is InChI=1S/C11H15N3O3S/c15-8-3-4-14(6-8)7-10(16)12-13-11(17)9-2-1-5-18-9/h1-2,5,8,15H,3-4,6-7H2,(H,12,16)(H,13,17)/t8-/m0/s1. The highest BCUT2D eigenvalue weighted by Gasteiger charge is 2.22. The first-order chi connectivity index (χ1) is 8.65. The van der Waals surface area contributed by atoms with E-state index in [-0.39, 0.29) is 24.5 Å². The molecule has 0 radical (unpaired) electrons. The number of carbonyl (C=O) groups is 2. The second-order valence-corrected chi connectivity index (χ2v) is 5.10. The maximum atomic E-state index is 11.5. The Morgan fingerprint density at radius 1 is 1.50 bits per heavy atom. The topological polar surface area (TPSA) is 81.7 Å². The van der Waals surface area contributed by atoms with Gasteiger partial charge in [-0.25, -0.2) is 0 Å². The summed E-state index contributed by atoms with van der Waals surface area (Å²) in [4.78, 5) is 25.5. The molecule has 0 aliphatic carbocycles. The zero-order valence-corrected chi connectivity index (χ0v) is 10.6. The molecule has 0 unspecified atom stereocenters. The fourth-order valence-corrected chi connectivity index (χ4v) is 2.41. The molecule has 98 valence electrons. The van der Waals surface area contributed by atoms with E-state index in [4.69, 9.17) is 0 Å². The van der Waals surface area contributed by atoms with Crippen LogP contribution in [0.5, 0.6) is 0 Å². The van der Waals surface area contributed by atoms with Gasteiger partial charge in [-0.05, 0) is 17.9 Å².